The minimum Gasteiger partial charge on any atom is -0.384 e. The Labute approximate surface area is 119 Å². The van der Waals surface area contributed by atoms with Gasteiger partial charge in [-0.1, -0.05) is 46.9 Å². The standard InChI is InChI=1S/C13H8Cl3FO/c14-8-2-3-9(12(17)6-8)13(18)7-1-4-10(15)11(16)5-7/h1-6,13,18H. The summed E-state index contributed by atoms with van der Waals surface area (Å²) >= 11 is 17.3. The lowest BCUT2D eigenvalue weighted by atomic mass is 10.0. The van der Waals surface area contributed by atoms with E-state index in [-0.39, 0.29) is 10.6 Å². The molecule has 0 bridgehead atoms. The molecule has 2 rings (SSSR count). The summed E-state index contributed by atoms with van der Waals surface area (Å²) in [5, 5.41) is 11.1. The lowest BCUT2D eigenvalue weighted by molar-refractivity contribution is 0.215. The number of hydrogen-bond donors (Lipinski definition) is 1. The van der Waals surface area contributed by atoms with Crippen LogP contribution in [0.3, 0.4) is 0 Å². The van der Waals surface area contributed by atoms with Crippen LogP contribution in [0, 0.1) is 5.82 Å². The Bertz CT molecular complexity index is 586. The highest BCUT2D eigenvalue weighted by molar-refractivity contribution is 6.42. The first-order valence-electron chi connectivity index (χ1n) is 5.07. The van der Waals surface area contributed by atoms with Gasteiger partial charge in [0.05, 0.1) is 10.0 Å². The lowest BCUT2D eigenvalue weighted by Gasteiger charge is -2.13. The van der Waals surface area contributed by atoms with E-state index in [0.717, 1.165) is 6.07 Å². The molecule has 5 heteroatoms. The predicted octanol–water partition coefficient (Wildman–Crippen LogP) is 4.87. The van der Waals surface area contributed by atoms with E-state index in [1.807, 2.05) is 0 Å². The van der Waals surface area contributed by atoms with E-state index in [1.165, 1.54) is 18.2 Å². The van der Waals surface area contributed by atoms with Crippen molar-refractivity contribution in [1.29, 1.82) is 0 Å². The number of aliphatic hydroxyl groups excluding tert-OH is 1. The summed E-state index contributed by atoms with van der Waals surface area (Å²) in [5.74, 6) is -0.568. The molecule has 0 heterocycles. The normalized spacial score (nSPS) is 12.5. The molecule has 1 atom stereocenters. The fourth-order valence-electron chi connectivity index (χ4n) is 1.59. The zero-order valence-corrected chi connectivity index (χ0v) is 11.3. The zero-order chi connectivity index (χ0) is 13.3. The maximum Gasteiger partial charge on any atom is 0.130 e. The molecule has 0 spiro atoms. The molecule has 94 valence electrons. The van der Waals surface area contributed by atoms with Crippen LogP contribution in [-0.4, -0.2) is 5.11 Å². The second kappa shape index (κ2) is 5.45. The van der Waals surface area contributed by atoms with Crippen LogP contribution in [0.5, 0.6) is 0 Å². The van der Waals surface area contributed by atoms with E-state index in [9.17, 15) is 9.50 Å². The molecule has 18 heavy (non-hydrogen) atoms. The predicted molar refractivity (Wildman–Crippen MR) is 71.9 cm³/mol. The Morgan fingerprint density at radius 1 is 0.944 bits per heavy atom. The van der Waals surface area contributed by atoms with Gasteiger partial charge < -0.3 is 5.11 Å². The Morgan fingerprint density at radius 3 is 2.28 bits per heavy atom. The van der Waals surface area contributed by atoms with Crippen molar-refractivity contribution in [2.45, 2.75) is 6.10 Å². The summed E-state index contributed by atoms with van der Waals surface area (Å²) in [6, 6.07) is 8.75. The topological polar surface area (TPSA) is 20.2 Å². The third kappa shape index (κ3) is 2.78. The summed E-state index contributed by atoms with van der Waals surface area (Å²) < 4.78 is 13.7. The maximum absolute atomic E-state index is 13.7. The molecule has 0 aliphatic heterocycles. The van der Waals surface area contributed by atoms with Crippen LogP contribution in [0.2, 0.25) is 15.1 Å². The van der Waals surface area contributed by atoms with Crippen molar-refractivity contribution < 1.29 is 9.50 Å². The van der Waals surface area contributed by atoms with Crippen LogP contribution in [0.1, 0.15) is 17.2 Å². The Kier molecular flexibility index (Phi) is 4.13. The molecule has 0 fully saturated rings. The third-order valence-corrected chi connectivity index (χ3v) is 3.49. The first kappa shape index (κ1) is 13.6. The summed E-state index contributed by atoms with van der Waals surface area (Å²) in [6.45, 7) is 0. The molecule has 0 aliphatic carbocycles. The highest BCUT2D eigenvalue weighted by Crippen LogP contribution is 2.30. The minimum absolute atomic E-state index is 0.137. The van der Waals surface area contributed by atoms with Crippen LogP contribution in [-0.2, 0) is 0 Å². The van der Waals surface area contributed by atoms with Gasteiger partial charge in [-0.3, -0.25) is 0 Å². The van der Waals surface area contributed by atoms with Crippen molar-refractivity contribution in [3.8, 4) is 0 Å². The highest BCUT2D eigenvalue weighted by Gasteiger charge is 2.16. The van der Waals surface area contributed by atoms with Crippen molar-refractivity contribution in [3.63, 3.8) is 0 Å². The van der Waals surface area contributed by atoms with Crippen molar-refractivity contribution in [3.05, 3.63) is 68.4 Å². The summed E-state index contributed by atoms with van der Waals surface area (Å²) in [7, 11) is 0. The SMILES string of the molecule is OC(c1ccc(Cl)c(Cl)c1)c1ccc(Cl)cc1F. The number of benzene rings is 2. The second-order valence-corrected chi connectivity index (χ2v) is 4.99. The van der Waals surface area contributed by atoms with Crippen molar-refractivity contribution in [1.82, 2.24) is 0 Å². The zero-order valence-electron chi connectivity index (χ0n) is 9.00. The number of rotatable bonds is 2. The van der Waals surface area contributed by atoms with Gasteiger partial charge >= 0.3 is 0 Å². The van der Waals surface area contributed by atoms with Gasteiger partial charge in [0.2, 0.25) is 0 Å². The van der Waals surface area contributed by atoms with Crippen molar-refractivity contribution in [2.75, 3.05) is 0 Å². The van der Waals surface area contributed by atoms with Gasteiger partial charge in [-0.05, 0) is 29.8 Å². The van der Waals surface area contributed by atoms with E-state index in [0.29, 0.717) is 15.6 Å². The van der Waals surface area contributed by atoms with Crippen LogP contribution in [0.15, 0.2) is 36.4 Å². The lowest BCUT2D eigenvalue weighted by Crippen LogP contribution is -2.02. The molecule has 1 unspecified atom stereocenters. The van der Waals surface area contributed by atoms with Gasteiger partial charge in [-0.25, -0.2) is 4.39 Å². The maximum atomic E-state index is 13.7. The average Bonchev–Trinajstić information content (AvgIpc) is 2.32. The van der Waals surface area contributed by atoms with E-state index in [1.54, 1.807) is 12.1 Å². The monoisotopic (exact) mass is 304 g/mol. The van der Waals surface area contributed by atoms with Crippen molar-refractivity contribution in [2.24, 2.45) is 0 Å². The summed E-state index contributed by atoms with van der Waals surface area (Å²) in [5.41, 5.74) is 0.600. The van der Waals surface area contributed by atoms with Crippen LogP contribution in [0.25, 0.3) is 0 Å². The van der Waals surface area contributed by atoms with E-state index in [2.05, 4.69) is 0 Å². The fraction of sp³-hybridized carbons (Fsp3) is 0.0769. The molecule has 0 saturated carbocycles. The molecule has 0 amide bonds. The highest BCUT2D eigenvalue weighted by atomic mass is 35.5. The first-order chi connectivity index (χ1) is 8.49. The number of hydrogen-bond acceptors (Lipinski definition) is 1. The Morgan fingerprint density at radius 2 is 1.67 bits per heavy atom. The van der Waals surface area contributed by atoms with Gasteiger partial charge in [-0.2, -0.15) is 0 Å². The van der Waals surface area contributed by atoms with Crippen LogP contribution < -0.4 is 0 Å². The van der Waals surface area contributed by atoms with Gasteiger partial charge in [0.1, 0.15) is 11.9 Å². The molecule has 1 N–H and O–H groups in total. The van der Waals surface area contributed by atoms with Crippen molar-refractivity contribution >= 4 is 34.8 Å². The van der Waals surface area contributed by atoms with Gasteiger partial charge in [0.25, 0.3) is 0 Å². The molecular formula is C13H8Cl3FO. The first-order valence-corrected chi connectivity index (χ1v) is 6.20. The molecule has 2 aromatic rings. The smallest absolute Gasteiger partial charge is 0.130 e. The number of aliphatic hydroxyl groups is 1. The molecule has 0 aromatic heterocycles. The Balaban J connectivity index is 2.41. The van der Waals surface area contributed by atoms with Crippen LogP contribution in [0.4, 0.5) is 4.39 Å². The van der Waals surface area contributed by atoms with Crippen LogP contribution >= 0.6 is 34.8 Å². The summed E-state index contributed by atoms with van der Waals surface area (Å²) in [6.07, 6.45) is -1.11. The Hall–Kier alpha value is -0.800. The number of halogens is 4. The fourth-order valence-corrected chi connectivity index (χ4v) is 2.05. The second-order valence-electron chi connectivity index (χ2n) is 3.74. The largest absolute Gasteiger partial charge is 0.384 e. The van der Waals surface area contributed by atoms with Gasteiger partial charge in [-0.15, -0.1) is 0 Å². The average molecular weight is 306 g/mol. The van der Waals surface area contributed by atoms with Gasteiger partial charge in [0, 0.05) is 10.6 Å². The molecular weight excluding hydrogens is 297 g/mol. The quantitative estimate of drug-likeness (QED) is 0.839. The minimum atomic E-state index is -1.11. The third-order valence-electron chi connectivity index (χ3n) is 2.52. The molecule has 0 radical (unpaired) electrons. The van der Waals surface area contributed by atoms with E-state index >= 15 is 0 Å². The van der Waals surface area contributed by atoms with E-state index < -0.39 is 11.9 Å². The summed E-state index contributed by atoms with van der Waals surface area (Å²) in [4.78, 5) is 0. The molecule has 2 aromatic carbocycles. The van der Waals surface area contributed by atoms with E-state index in [4.69, 9.17) is 34.8 Å². The van der Waals surface area contributed by atoms with Gasteiger partial charge in [0.15, 0.2) is 0 Å². The molecule has 1 nitrogen and oxygen atoms in total. The molecule has 0 aliphatic rings. The molecule has 0 saturated heterocycles.